The molecule has 0 saturated carbocycles. The number of hydrogen-bond donors (Lipinski definition) is 2. The maximum absolute atomic E-state index is 12.5. The zero-order chi connectivity index (χ0) is 18.8. The third kappa shape index (κ3) is 3.75. The van der Waals surface area contributed by atoms with Gasteiger partial charge in [0.2, 0.25) is 0 Å². The van der Waals surface area contributed by atoms with Gasteiger partial charge in [-0.15, -0.1) is 0 Å². The highest BCUT2D eigenvalue weighted by Gasteiger charge is 2.17. The predicted octanol–water partition coefficient (Wildman–Crippen LogP) is 5.75. The van der Waals surface area contributed by atoms with Crippen LogP contribution in [0.4, 0.5) is 11.4 Å². The molecule has 26 heavy (non-hydrogen) atoms. The summed E-state index contributed by atoms with van der Waals surface area (Å²) in [4.78, 5) is 12.5. The van der Waals surface area contributed by atoms with Crippen molar-refractivity contribution in [3.05, 3.63) is 63.3 Å². The molecule has 0 bridgehead atoms. The van der Waals surface area contributed by atoms with Crippen molar-refractivity contribution in [3.63, 3.8) is 0 Å². The second-order valence-electron chi connectivity index (χ2n) is 5.33. The Bertz CT molecular complexity index is 986. The monoisotopic (exact) mass is 410 g/mol. The molecule has 0 atom stereocenters. The molecule has 1 aromatic heterocycles. The standard InChI is InChI=1S/C18H13Cl3N2O3/c1-25-16-8-10(22)7-13(21)17(16)23-18(24)15-5-4-14(26-15)9-2-3-11(19)12(20)6-9/h2-8H,22H2,1H3,(H,23,24). The molecule has 8 heteroatoms. The number of nitrogens with two attached hydrogens (primary N) is 1. The van der Waals surface area contributed by atoms with Gasteiger partial charge in [-0.2, -0.15) is 0 Å². The fourth-order valence-electron chi connectivity index (χ4n) is 2.32. The molecular weight excluding hydrogens is 399 g/mol. The van der Waals surface area contributed by atoms with Gasteiger partial charge < -0.3 is 20.2 Å². The molecule has 0 saturated heterocycles. The van der Waals surface area contributed by atoms with Gasteiger partial charge in [-0.25, -0.2) is 0 Å². The third-order valence-corrected chi connectivity index (χ3v) is 4.61. The van der Waals surface area contributed by atoms with Crippen molar-refractivity contribution in [1.29, 1.82) is 0 Å². The highest BCUT2D eigenvalue weighted by Crippen LogP contribution is 2.35. The molecule has 0 aliphatic carbocycles. The summed E-state index contributed by atoms with van der Waals surface area (Å²) in [6.45, 7) is 0. The summed E-state index contributed by atoms with van der Waals surface area (Å²) in [6, 6.07) is 11.3. The smallest absolute Gasteiger partial charge is 0.291 e. The van der Waals surface area contributed by atoms with Crippen LogP contribution < -0.4 is 15.8 Å². The second-order valence-corrected chi connectivity index (χ2v) is 6.55. The van der Waals surface area contributed by atoms with Crippen molar-refractivity contribution in [1.82, 2.24) is 0 Å². The quantitative estimate of drug-likeness (QED) is 0.536. The van der Waals surface area contributed by atoms with E-state index in [1.54, 1.807) is 36.4 Å². The minimum atomic E-state index is -0.485. The van der Waals surface area contributed by atoms with Crippen LogP contribution in [0.1, 0.15) is 10.6 Å². The Morgan fingerprint density at radius 3 is 2.50 bits per heavy atom. The number of furan rings is 1. The lowest BCUT2D eigenvalue weighted by molar-refractivity contribution is 0.0997. The Balaban J connectivity index is 1.86. The van der Waals surface area contributed by atoms with Gasteiger partial charge in [0.1, 0.15) is 17.2 Å². The zero-order valence-corrected chi connectivity index (χ0v) is 15.7. The summed E-state index contributed by atoms with van der Waals surface area (Å²) in [6.07, 6.45) is 0. The third-order valence-electron chi connectivity index (χ3n) is 3.57. The van der Waals surface area contributed by atoms with Crippen LogP contribution in [0.5, 0.6) is 5.75 Å². The molecule has 2 aromatic carbocycles. The summed E-state index contributed by atoms with van der Waals surface area (Å²) in [5.41, 5.74) is 7.14. The number of rotatable bonds is 4. The maximum Gasteiger partial charge on any atom is 0.291 e. The molecule has 5 nitrogen and oxygen atoms in total. The molecule has 0 radical (unpaired) electrons. The van der Waals surface area contributed by atoms with Crippen LogP contribution in [0.25, 0.3) is 11.3 Å². The van der Waals surface area contributed by atoms with Crippen LogP contribution in [-0.2, 0) is 0 Å². The van der Waals surface area contributed by atoms with Gasteiger partial charge in [-0.3, -0.25) is 4.79 Å². The van der Waals surface area contributed by atoms with Crippen LogP contribution in [0.15, 0.2) is 46.9 Å². The molecule has 0 aliphatic heterocycles. The van der Waals surface area contributed by atoms with Crippen molar-refractivity contribution >= 4 is 52.1 Å². The molecule has 0 aliphatic rings. The lowest BCUT2D eigenvalue weighted by Gasteiger charge is -2.12. The number of methoxy groups -OCH3 is 1. The lowest BCUT2D eigenvalue weighted by atomic mass is 10.2. The Kier molecular flexibility index (Phi) is 5.32. The molecule has 0 unspecified atom stereocenters. The molecule has 3 rings (SSSR count). The number of nitrogens with one attached hydrogen (secondary N) is 1. The van der Waals surface area contributed by atoms with E-state index in [-0.39, 0.29) is 10.8 Å². The number of halogens is 3. The number of anilines is 2. The van der Waals surface area contributed by atoms with E-state index in [9.17, 15) is 4.79 Å². The maximum atomic E-state index is 12.5. The molecular formula is C18H13Cl3N2O3. The fourth-order valence-corrected chi connectivity index (χ4v) is 2.89. The van der Waals surface area contributed by atoms with Crippen LogP contribution in [0, 0.1) is 0 Å². The van der Waals surface area contributed by atoms with Crippen molar-refractivity contribution in [2.45, 2.75) is 0 Å². The largest absolute Gasteiger partial charge is 0.494 e. The van der Waals surface area contributed by atoms with Crippen molar-refractivity contribution in [2.75, 3.05) is 18.2 Å². The number of amides is 1. The van der Waals surface area contributed by atoms with Gasteiger partial charge in [0.15, 0.2) is 5.76 Å². The molecule has 134 valence electrons. The molecule has 0 spiro atoms. The van der Waals surface area contributed by atoms with Crippen molar-refractivity contribution in [3.8, 4) is 17.1 Å². The van der Waals surface area contributed by atoms with Gasteiger partial charge in [0, 0.05) is 17.3 Å². The number of ether oxygens (including phenoxy) is 1. The van der Waals surface area contributed by atoms with Crippen molar-refractivity contribution < 1.29 is 13.9 Å². The normalized spacial score (nSPS) is 10.6. The van der Waals surface area contributed by atoms with Gasteiger partial charge in [0.25, 0.3) is 5.91 Å². The Morgan fingerprint density at radius 1 is 1.04 bits per heavy atom. The van der Waals surface area contributed by atoms with E-state index >= 15 is 0 Å². The van der Waals surface area contributed by atoms with Crippen molar-refractivity contribution in [2.24, 2.45) is 0 Å². The first-order valence-electron chi connectivity index (χ1n) is 7.38. The highest BCUT2D eigenvalue weighted by molar-refractivity contribution is 6.42. The zero-order valence-electron chi connectivity index (χ0n) is 13.5. The molecule has 1 heterocycles. The minimum Gasteiger partial charge on any atom is -0.494 e. The average Bonchev–Trinajstić information content (AvgIpc) is 3.09. The lowest BCUT2D eigenvalue weighted by Crippen LogP contribution is -2.12. The number of carbonyl (C=O) groups excluding carboxylic acids is 1. The van der Waals surface area contributed by atoms with E-state index in [1.807, 2.05) is 0 Å². The molecule has 1 amide bonds. The summed E-state index contributed by atoms with van der Waals surface area (Å²) < 4.78 is 10.8. The number of carbonyl (C=O) groups is 1. The van der Waals surface area contributed by atoms with E-state index in [1.165, 1.54) is 13.2 Å². The van der Waals surface area contributed by atoms with E-state index in [4.69, 9.17) is 49.7 Å². The fraction of sp³-hybridized carbons (Fsp3) is 0.0556. The number of benzene rings is 2. The van der Waals surface area contributed by atoms with Gasteiger partial charge in [0.05, 0.1) is 22.2 Å². The van der Waals surface area contributed by atoms with E-state index in [0.29, 0.717) is 38.5 Å². The summed E-state index contributed by atoms with van der Waals surface area (Å²) in [5, 5.41) is 3.75. The number of nitrogen functional groups attached to an aromatic ring is 1. The van der Waals surface area contributed by atoms with Gasteiger partial charge in [-0.1, -0.05) is 34.8 Å². The van der Waals surface area contributed by atoms with Gasteiger partial charge in [-0.05, 0) is 36.4 Å². The highest BCUT2D eigenvalue weighted by atomic mass is 35.5. The van der Waals surface area contributed by atoms with E-state index in [0.717, 1.165) is 0 Å². The second kappa shape index (κ2) is 7.50. The van der Waals surface area contributed by atoms with E-state index in [2.05, 4.69) is 5.32 Å². The first-order valence-corrected chi connectivity index (χ1v) is 8.52. The van der Waals surface area contributed by atoms with Crippen LogP contribution in [-0.4, -0.2) is 13.0 Å². The van der Waals surface area contributed by atoms with Gasteiger partial charge >= 0.3 is 0 Å². The van der Waals surface area contributed by atoms with E-state index < -0.39 is 5.91 Å². The van der Waals surface area contributed by atoms with Crippen LogP contribution >= 0.6 is 34.8 Å². The SMILES string of the molecule is COc1cc(N)cc(Cl)c1NC(=O)c1ccc(-c2ccc(Cl)c(Cl)c2)o1. The molecule has 0 fully saturated rings. The molecule has 3 aromatic rings. The molecule has 3 N–H and O–H groups in total. The topological polar surface area (TPSA) is 77.5 Å². The van der Waals surface area contributed by atoms with Crippen LogP contribution in [0.3, 0.4) is 0 Å². The summed E-state index contributed by atoms with van der Waals surface area (Å²) in [5.74, 6) is 0.436. The summed E-state index contributed by atoms with van der Waals surface area (Å²) in [7, 11) is 1.45. The minimum absolute atomic E-state index is 0.0982. The average molecular weight is 412 g/mol. The predicted molar refractivity (Wildman–Crippen MR) is 105 cm³/mol. The first kappa shape index (κ1) is 18.5. The Hall–Kier alpha value is -2.34. The first-order chi connectivity index (χ1) is 12.4. The Labute approximate surface area is 164 Å². The Morgan fingerprint density at radius 2 is 1.81 bits per heavy atom. The van der Waals surface area contributed by atoms with Crippen LogP contribution in [0.2, 0.25) is 15.1 Å². The number of hydrogen-bond acceptors (Lipinski definition) is 4. The summed E-state index contributed by atoms with van der Waals surface area (Å²) >= 11 is 18.1.